The molecule has 0 spiro atoms. The van der Waals surface area contributed by atoms with Gasteiger partial charge in [0.2, 0.25) is 0 Å². The topological polar surface area (TPSA) is 173 Å². The van der Waals surface area contributed by atoms with E-state index in [1.165, 1.54) is 31.4 Å². The third-order valence-corrected chi connectivity index (χ3v) is 5.82. The number of nitro benzene ring substituents is 1. The highest BCUT2D eigenvalue weighted by atomic mass is 16.8. The van der Waals surface area contributed by atoms with E-state index in [0.717, 1.165) is 5.56 Å². The first-order chi connectivity index (χ1) is 18.2. The predicted molar refractivity (Wildman–Crippen MR) is 123 cm³/mol. The maximum atomic E-state index is 13.2. The molecule has 0 radical (unpaired) electrons. The van der Waals surface area contributed by atoms with Crippen molar-refractivity contribution in [1.82, 2.24) is 10.4 Å². The second kappa shape index (κ2) is 11.2. The van der Waals surface area contributed by atoms with Crippen molar-refractivity contribution in [3.63, 3.8) is 0 Å². The largest absolute Gasteiger partial charge is 0.456 e. The van der Waals surface area contributed by atoms with Gasteiger partial charge in [-0.2, -0.15) is 5.06 Å². The average Bonchev–Trinajstić information content (AvgIpc) is 3.46. The molecule has 2 heterocycles. The first-order valence-electron chi connectivity index (χ1n) is 11.3. The van der Waals surface area contributed by atoms with E-state index in [0.29, 0.717) is 10.6 Å². The molecule has 14 heteroatoms. The molecular weight excluding hydrogens is 506 g/mol. The van der Waals surface area contributed by atoms with Gasteiger partial charge in [0.1, 0.15) is 25.9 Å². The predicted octanol–water partition coefficient (Wildman–Crippen LogP) is 1.36. The lowest BCUT2D eigenvalue weighted by Gasteiger charge is -2.32. The molecule has 3 atom stereocenters. The fourth-order valence-electron chi connectivity index (χ4n) is 3.81. The Morgan fingerprint density at radius 2 is 1.74 bits per heavy atom. The zero-order chi connectivity index (χ0) is 27.3. The number of hydroxylamine groups is 2. The Balaban J connectivity index is 1.43. The summed E-state index contributed by atoms with van der Waals surface area (Å²) in [6.07, 6.45) is -2.52. The molecule has 2 aromatic rings. The summed E-state index contributed by atoms with van der Waals surface area (Å²) in [5.41, 5.74) is -1.33. The normalized spacial score (nSPS) is 22.6. The number of hydrogen-bond donors (Lipinski definition) is 1. The molecule has 38 heavy (non-hydrogen) atoms. The van der Waals surface area contributed by atoms with Crippen molar-refractivity contribution in [2.75, 3.05) is 13.7 Å². The first-order valence-corrected chi connectivity index (χ1v) is 11.3. The molecule has 2 unspecified atom stereocenters. The Morgan fingerprint density at radius 1 is 1.08 bits per heavy atom. The van der Waals surface area contributed by atoms with Gasteiger partial charge in [-0.25, -0.2) is 14.4 Å². The van der Waals surface area contributed by atoms with Gasteiger partial charge in [0.15, 0.2) is 6.10 Å². The summed E-state index contributed by atoms with van der Waals surface area (Å²) in [7, 11) is 1.23. The van der Waals surface area contributed by atoms with E-state index in [1.807, 2.05) is 6.07 Å². The Bertz CT molecular complexity index is 1220. The van der Waals surface area contributed by atoms with Gasteiger partial charge in [-0.05, 0) is 23.3 Å². The molecule has 200 valence electrons. The molecule has 0 bridgehead atoms. The van der Waals surface area contributed by atoms with Crippen molar-refractivity contribution < 1.29 is 47.9 Å². The zero-order valence-electron chi connectivity index (χ0n) is 20.1. The number of nitrogens with zero attached hydrogens (tertiary/aromatic N) is 2. The third kappa shape index (κ3) is 5.55. The molecule has 1 N–H and O–H groups in total. The number of rotatable bonds is 9. The SMILES string of the molecule is COC1CC(C(=O)OCc2ccc([N+](=O)[O-])cc2)(N2OC[C@H](NC(=O)OCc3ccccc3)C2=O)OC1=O. The van der Waals surface area contributed by atoms with Crippen molar-refractivity contribution in [3.05, 3.63) is 75.8 Å². The molecule has 2 aromatic carbocycles. The van der Waals surface area contributed by atoms with E-state index in [9.17, 15) is 29.3 Å². The number of non-ortho nitro benzene ring substituents is 1. The second-order valence-electron chi connectivity index (χ2n) is 8.32. The van der Waals surface area contributed by atoms with E-state index >= 15 is 0 Å². The molecular formula is C24H23N3O11. The lowest BCUT2D eigenvalue weighted by molar-refractivity contribution is -0.384. The number of esters is 2. The molecule has 0 aliphatic carbocycles. The molecule has 2 aliphatic heterocycles. The van der Waals surface area contributed by atoms with Crippen molar-refractivity contribution in [2.45, 2.75) is 37.5 Å². The van der Waals surface area contributed by atoms with Crippen LogP contribution in [0, 0.1) is 10.1 Å². The second-order valence-corrected chi connectivity index (χ2v) is 8.32. The number of amides is 2. The molecule has 14 nitrogen and oxygen atoms in total. The summed E-state index contributed by atoms with van der Waals surface area (Å²) in [6.45, 7) is -0.751. The number of alkyl carbamates (subject to hydrolysis) is 1. The fourth-order valence-corrected chi connectivity index (χ4v) is 3.81. The van der Waals surface area contributed by atoms with Crippen LogP contribution in [0.5, 0.6) is 0 Å². The van der Waals surface area contributed by atoms with Crippen LogP contribution in [0.15, 0.2) is 54.6 Å². The number of carbonyl (C=O) groups is 4. The van der Waals surface area contributed by atoms with Crippen LogP contribution in [0.1, 0.15) is 17.5 Å². The standard InChI is InChI=1S/C24H23N3O11/c1-34-19-11-24(38-21(19)29,22(30)35-12-16-7-9-17(10-8-16)27(32)33)26-20(28)18(14-37-26)25-23(31)36-13-15-5-3-2-4-6-15/h2-10,18-19H,11-14H2,1H3,(H,25,31)/t18-,19?,24?/m0/s1. The van der Waals surface area contributed by atoms with Gasteiger partial charge < -0.3 is 24.3 Å². The quantitative estimate of drug-likeness (QED) is 0.215. The zero-order valence-corrected chi connectivity index (χ0v) is 20.1. The molecule has 2 aliphatic rings. The number of benzene rings is 2. The number of nitro groups is 1. The van der Waals surface area contributed by atoms with Gasteiger partial charge in [0.25, 0.3) is 11.6 Å². The van der Waals surface area contributed by atoms with Crippen LogP contribution in [0.3, 0.4) is 0 Å². The summed E-state index contributed by atoms with van der Waals surface area (Å²) in [4.78, 5) is 66.5. The summed E-state index contributed by atoms with van der Waals surface area (Å²) < 4.78 is 20.7. The minimum Gasteiger partial charge on any atom is -0.456 e. The fraction of sp³-hybridized carbons (Fsp3) is 0.333. The van der Waals surface area contributed by atoms with Gasteiger partial charge in [0.05, 0.1) is 11.3 Å². The van der Waals surface area contributed by atoms with Gasteiger partial charge >= 0.3 is 23.8 Å². The molecule has 4 rings (SSSR count). The monoisotopic (exact) mass is 529 g/mol. The van der Waals surface area contributed by atoms with Gasteiger partial charge in [-0.1, -0.05) is 30.3 Å². The third-order valence-electron chi connectivity index (χ3n) is 5.82. The molecule has 2 saturated heterocycles. The summed E-state index contributed by atoms with van der Waals surface area (Å²) in [6, 6.07) is 12.9. The van der Waals surface area contributed by atoms with E-state index < -0.39 is 53.2 Å². The Hall–Kier alpha value is -4.56. The lowest BCUT2D eigenvalue weighted by atomic mass is 10.1. The van der Waals surface area contributed by atoms with Gasteiger partial charge in [-0.15, -0.1) is 0 Å². The number of carbonyl (C=O) groups excluding carboxylic acids is 4. The van der Waals surface area contributed by atoms with E-state index in [4.69, 9.17) is 23.8 Å². The highest BCUT2D eigenvalue weighted by Gasteiger charge is 2.63. The maximum absolute atomic E-state index is 13.2. The summed E-state index contributed by atoms with van der Waals surface area (Å²) in [5.74, 6) is -2.93. The van der Waals surface area contributed by atoms with E-state index in [-0.39, 0.29) is 25.5 Å². The first kappa shape index (κ1) is 26.5. The summed E-state index contributed by atoms with van der Waals surface area (Å²) in [5, 5.41) is 13.8. The summed E-state index contributed by atoms with van der Waals surface area (Å²) >= 11 is 0. The van der Waals surface area contributed by atoms with Crippen LogP contribution in [-0.2, 0) is 51.4 Å². The Labute approximate surface area is 215 Å². The van der Waals surface area contributed by atoms with Crippen LogP contribution in [-0.4, -0.2) is 65.5 Å². The molecule has 0 saturated carbocycles. The number of nitrogens with one attached hydrogen (secondary N) is 1. The van der Waals surface area contributed by atoms with E-state index in [1.54, 1.807) is 24.3 Å². The van der Waals surface area contributed by atoms with Gasteiger partial charge in [0, 0.05) is 19.2 Å². The lowest BCUT2D eigenvalue weighted by Crippen LogP contribution is -2.57. The van der Waals surface area contributed by atoms with Crippen LogP contribution in [0.25, 0.3) is 0 Å². The van der Waals surface area contributed by atoms with Crippen LogP contribution >= 0.6 is 0 Å². The Morgan fingerprint density at radius 3 is 2.37 bits per heavy atom. The molecule has 2 fully saturated rings. The number of cyclic esters (lactones) is 1. The van der Waals surface area contributed by atoms with Crippen LogP contribution in [0.4, 0.5) is 10.5 Å². The van der Waals surface area contributed by atoms with Crippen molar-refractivity contribution in [2.24, 2.45) is 0 Å². The maximum Gasteiger partial charge on any atom is 0.408 e. The van der Waals surface area contributed by atoms with Crippen LogP contribution in [0.2, 0.25) is 0 Å². The molecule has 2 amide bonds. The highest BCUT2D eigenvalue weighted by Crippen LogP contribution is 2.36. The van der Waals surface area contributed by atoms with E-state index in [2.05, 4.69) is 5.32 Å². The van der Waals surface area contributed by atoms with Crippen LogP contribution < -0.4 is 5.32 Å². The smallest absolute Gasteiger partial charge is 0.408 e. The van der Waals surface area contributed by atoms with Crippen molar-refractivity contribution >= 4 is 29.6 Å². The Kier molecular flexibility index (Phi) is 7.83. The number of ether oxygens (including phenoxy) is 4. The molecule has 0 aromatic heterocycles. The van der Waals surface area contributed by atoms with Crippen molar-refractivity contribution in [3.8, 4) is 0 Å². The highest BCUT2D eigenvalue weighted by molar-refractivity contribution is 5.95. The minimum absolute atomic E-state index is 0.0375. The van der Waals surface area contributed by atoms with Crippen molar-refractivity contribution in [1.29, 1.82) is 0 Å². The van der Waals surface area contributed by atoms with Gasteiger partial charge in [-0.3, -0.25) is 19.7 Å². The number of hydrogen-bond acceptors (Lipinski definition) is 11. The minimum atomic E-state index is -2.32. The number of methoxy groups -OCH3 is 1. The average molecular weight is 529 g/mol.